The van der Waals surface area contributed by atoms with Gasteiger partial charge in [-0.2, -0.15) is 0 Å². The lowest BCUT2D eigenvalue weighted by Gasteiger charge is -2.39. The lowest BCUT2D eigenvalue weighted by Crippen LogP contribution is -2.47. The van der Waals surface area contributed by atoms with Gasteiger partial charge in [0, 0.05) is 44.5 Å². The zero-order valence-electron chi connectivity index (χ0n) is 25.1. The molecule has 0 heterocycles. The zero-order valence-corrected chi connectivity index (χ0v) is 25.1. The van der Waals surface area contributed by atoms with Crippen molar-refractivity contribution in [1.82, 2.24) is 0 Å². The third kappa shape index (κ3) is 5.54. The molecule has 2 nitrogen and oxygen atoms in total. The highest BCUT2D eigenvalue weighted by molar-refractivity contribution is 5.60. The van der Waals surface area contributed by atoms with E-state index in [9.17, 15) is 10.2 Å². The SMILES string of the molecule is CC1(C)[C@@](O)(C#Cc2ccccc2C#Cc2ccccc2)c2ccccc2[C@@]1(O)C#Cc1ccccc1C#Cc1ccccc1. The molecule has 6 rings (SSSR count). The van der Waals surface area contributed by atoms with Crippen molar-refractivity contribution in [2.24, 2.45) is 5.41 Å². The summed E-state index contributed by atoms with van der Waals surface area (Å²) in [4.78, 5) is 0. The van der Waals surface area contributed by atoms with E-state index in [1.165, 1.54) is 0 Å². The predicted molar refractivity (Wildman–Crippen MR) is 180 cm³/mol. The Morgan fingerprint density at radius 2 is 0.689 bits per heavy atom. The molecule has 0 spiro atoms. The summed E-state index contributed by atoms with van der Waals surface area (Å²) in [5.74, 6) is 25.5. The minimum atomic E-state index is -1.71. The quantitative estimate of drug-likeness (QED) is 0.194. The topological polar surface area (TPSA) is 40.5 Å². The van der Waals surface area contributed by atoms with Gasteiger partial charge in [0.1, 0.15) is 0 Å². The Kier molecular flexibility index (Phi) is 7.89. The molecule has 0 radical (unpaired) electrons. The van der Waals surface area contributed by atoms with Gasteiger partial charge in [0.25, 0.3) is 0 Å². The van der Waals surface area contributed by atoms with E-state index in [1.807, 2.05) is 133 Å². The smallest absolute Gasteiger partial charge is 0.160 e. The predicted octanol–water partition coefficient (Wildman–Crippen LogP) is 7.00. The van der Waals surface area contributed by atoms with Crippen molar-refractivity contribution in [1.29, 1.82) is 0 Å². The molecule has 5 aromatic carbocycles. The first-order valence-corrected chi connectivity index (χ1v) is 14.8. The molecule has 0 saturated carbocycles. The molecule has 0 bridgehead atoms. The van der Waals surface area contributed by atoms with Crippen LogP contribution >= 0.6 is 0 Å². The first kappa shape index (κ1) is 29.3. The summed E-state index contributed by atoms with van der Waals surface area (Å²) in [5.41, 5.74) is 1.13. The van der Waals surface area contributed by atoms with Crippen molar-refractivity contribution < 1.29 is 10.2 Å². The van der Waals surface area contributed by atoms with Crippen LogP contribution in [0.5, 0.6) is 0 Å². The van der Waals surface area contributed by atoms with Crippen LogP contribution in [0, 0.1) is 52.8 Å². The van der Waals surface area contributed by atoms with Gasteiger partial charge in [0.15, 0.2) is 11.2 Å². The van der Waals surface area contributed by atoms with Crippen molar-refractivity contribution in [3.63, 3.8) is 0 Å². The molecule has 0 saturated heterocycles. The number of hydrogen-bond acceptors (Lipinski definition) is 2. The zero-order chi connectivity index (χ0) is 31.3. The van der Waals surface area contributed by atoms with E-state index in [0.717, 1.165) is 22.3 Å². The molecule has 0 amide bonds. The summed E-state index contributed by atoms with van der Waals surface area (Å²) in [6.07, 6.45) is 0. The second kappa shape index (κ2) is 12.1. The molecule has 0 unspecified atom stereocenters. The number of hydrogen-bond donors (Lipinski definition) is 2. The van der Waals surface area contributed by atoms with Crippen LogP contribution in [0.25, 0.3) is 0 Å². The number of benzene rings is 5. The van der Waals surface area contributed by atoms with Crippen LogP contribution in [-0.4, -0.2) is 10.2 Å². The molecule has 2 atom stereocenters. The Bertz CT molecular complexity index is 1980. The van der Waals surface area contributed by atoms with Crippen molar-refractivity contribution in [3.05, 3.63) is 178 Å². The summed E-state index contributed by atoms with van der Waals surface area (Å²) in [7, 11) is 0. The van der Waals surface area contributed by atoms with Gasteiger partial charge in [0.05, 0.1) is 5.41 Å². The molecule has 1 aliphatic rings. The average molecular weight is 579 g/mol. The number of aliphatic hydroxyl groups is 2. The fourth-order valence-corrected chi connectivity index (χ4v) is 5.54. The Hall–Kier alpha value is -5.74. The minimum Gasteiger partial charge on any atom is -0.373 e. The van der Waals surface area contributed by atoms with E-state index < -0.39 is 16.6 Å². The molecular formula is C43H30O2. The van der Waals surface area contributed by atoms with Crippen LogP contribution in [0.15, 0.2) is 133 Å². The molecule has 0 aromatic heterocycles. The van der Waals surface area contributed by atoms with Crippen LogP contribution in [0.1, 0.15) is 58.4 Å². The maximum atomic E-state index is 12.4. The normalized spacial score (nSPS) is 18.8. The number of fused-ring (bicyclic) bond motifs is 1. The van der Waals surface area contributed by atoms with E-state index in [1.54, 1.807) is 13.8 Å². The molecule has 214 valence electrons. The average Bonchev–Trinajstić information content (AvgIpc) is 3.21. The standard InChI is InChI=1S/C43H30O2/c1-41(2)42(44,31-29-37-21-11-9-19-35(37)27-25-33-15-5-3-6-16-33)39-23-13-14-24-40(39)43(41,45)32-30-38-22-12-10-20-36(38)28-26-34-17-7-4-8-18-34/h3-24,44-45H,1-2H3/t42-,43+. The number of rotatable bonds is 0. The van der Waals surface area contributed by atoms with Gasteiger partial charge < -0.3 is 10.2 Å². The maximum Gasteiger partial charge on any atom is 0.160 e. The van der Waals surface area contributed by atoms with E-state index in [0.29, 0.717) is 22.3 Å². The molecule has 2 N–H and O–H groups in total. The lowest BCUT2D eigenvalue weighted by atomic mass is 9.68. The monoisotopic (exact) mass is 578 g/mol. The van der Waals surface area contributed by atoms with E-state index in [2.05, 4.69) is 47.4 Å². The van der Waals surface area contributed by atoms with Gasteiger partial charge in [-0.25, -0.2) is 0 Å². The molecule has 0 aliphatic heterocycles. The lowest BCUT2D eigenvalue weighted by molar-refractivity contribution is -0.109. The summed E-state index contributed by atoms with van der Waals surface area (Å²) >= 11 is 0. The van der Waals surface area contributed by atoms with Gasteiger partial charge in [-0.15, -0.1) is 0 Å². The van der Waals surface area contributed by atoms with Crippen LogP contribution in [-0.2, 0) is 11.2 Å². The molecule has 45 heavy (non-hydrogen) atoms. The Balaban J connectivity index is 1.41. The van der Waals surface area contributed by atoms with E-state index >= 15 is 0 Å². The first-order valence-electron chi connectivity index (χ1n) is 14.8. The molecule has 2 heteroatoms. The van der Waals surface area contributed by atoms with Gasteiger partial charge in [-0.1, -0.05) is 146 Å². The molecule has 0 fully saturated rings. The van der Waals surface area contributed by atoms with Gasteiger partial charge in [-0.05, 0) is 48.5 Å². The fraction of sp³-hybridized carbons (Fsp3) is 0.116. The second-order valence-electron chi connectivity index (χ2n) is 11.4. The van der Waals surface area contributed by atoms with Gasteiger partial charge in [-0.3, -0.25) is 0 Å². The van der Waals surface area contributed by atoms with Crippen LogP contribution in [0.2, 0.25) is 0 Å². The summed E-state index contributed by atoms with van der Waals surface area (Å²) in [5, 5.41) is 24.7. The van der Waals surface area contributed by atoms with Crippen molar-refractivity contribution in [3.8, 4) is 47.4 Å². The van der Waals surface area contributed by atoms with Crippen molar-refractivity contribution >= 4 is 0 Å². The fourth-order valence-electron chi connectivity index (χ4n) is 5.54. The van der Waals surface area contributed by atoms with Gasteiger partial charge >= 0.3 is 0 Å². The molecule has 1 aliphatic carbocycles. The second-order valence-corrected chi connectivity index (χ2v) is 11.4. The van der Waals surface area contributed by atoms with Crippen molar-refractivity contribution in [2.45, 2.75) is 25.0 Å². The summed E-state index contributed by atoms with van der Waals surface area (Å²) in [6.45, 7) is 3.61. The highest BCUT2D eigenvalue weighted by Gasteiger charge is 2.64. The van der Waals surface area contributed by atoms with Crippen LogP contribution < -0.4 is 0 Å². The third-order valence-electron chi connectivity index (χ3n) is 8.36. The third-order valence-corrected chi connectivity index (χ3v) is 8.36. The minimum absolute atomic E-state index is 0.532. The van der Waals surface area contributed by atoms with Crippen LogP contribution in [0.4, 0.5) is 0 Å². The highest BCUT2D eigenvalue weighted by atomic mass is 16.3. The Morgan fingerprint density at radius 3 is 1.07 bits per heavy atom. The maximum absolute atomic E-state index is 12.4. The van der Waals surface area contributed by atoms with E-state index in [-0.39, 0.29) is 0 Å². The summed E-state index contributed by atoms with van der Waals surface area (Å²) in [6, 6.07) is 42.1. The van der Waals surface area contributed by atoms with Crippen molar-refractivity contribution in [2.75, 3.05) is 0 Å². The van der Waals surface area contributed by atoms with Gasteiger partial charge in [0.2, 0.25) is 0 Å². The first-order chi connectivity index (χ1) is 21.8. The van der Waals surface area contributed by atoms with E-state index in [4.69, 9.17) is 0 Å². The summed E-state index contributed by atoms with van der Waals surface area (Å²) < 4.78 is 0. The molecular weight excluding hydrogens is 548 g/mol. The largest absolute Gasteiger partial charge is 0.373 e. The highest BCUT2D eigenvalue weighted by Crippen LogP contribution is 2.59. The van der Waals surface area contributed by atoms with Crippen LogP contribution in [0.3, 0.4) is 0 Å². The molecule has 5 aromatic rings. The Labute approximate surface area is 265 Å². The Morgan fingerprint density at radius 1 is 0.378 bits per heavy atom.